The van der Waals surface area contributed by atoms with E-state index in [9.17, 15) is 14.4 Å². The lowest BCUT2D eigenvalue weighted by molar-refractivity contribution is -0.118. The van der Waals surface area contributed by atoms with E-state index < -0.39 is 46.7 Å². The fourth-order valence-electron chi connectivity index (χ4n) is 4.23. The molecule has 188 valence electrons. The van der Waals surface area contributed by atoms with Crippen molar-refractivity contribution in [1.29, 1.82) is 0 Å². The van der Waals surface area contributed by atoms with Gasteiger partial charge in [-0.15, -0.1) is 0 Å². The lowest BCUT2D eigenvalue weighted by atomic mass is 9.93. The zero-order valence-electron chi connectivity index (χ0n) is 19.7. The molecule has 1 aliphatic heterocycles. The smallest absolute Gasteiger partial charge is 0.319 e. The highest BCUT2D eigenvalue weighted by Gasteiger charge is 2.46. The van der Waals surface area contributed by atoms with Gasteiger partial charge in [0.05, 0.1) is 14.2 Å². The minimum atomic E-state index is -1.39. The summed E-state index contributed by atoms with van der Waals surface area (Å²) < 4.78 is 41.6. The van der Waals surface area contributed by atoms with E-state index in [1.165, 1.54) is 38.1 Å². The van der Waals surface area contributed by atoms with Crippen LogP contribution in [0.2, 0.25) is 0 Å². The Bertz CT molecular complexity index is 1340. The van der Waals surface area contributed by atoms with E-state index in [1.54, 1.807) is 30.3 Å². The Kier molecular flexibility index (Phi) is 6.91. The number of benzene rings is 2. The highest BCUT2D eigenvalue weighted by atomic mass is 19.1. The van der Waals surface area contributed by atoms with Crippen LogP contribution in [0.4, 0.5) is 25.0 Å². The molecule has 3 amide bonds. The van der Waals surface area contributed by atoms with Crippen LogP contribution in [-0.2, 0) is 11.8 Å². The molecular weight excluding hydrogens is 474 g/mol. The Balaban J connectivity index is 1.77. The van der Waals surface area contributed by atoms with Gasteiger partial charge in [0, 0.05) is 49.1 Å². The molecule has 2 N–H and O–H groups in total. The number of nitrogens with zero attached hydrogens (tertiary/aromatic N) is 2. The lowest BCUT2D eigenvalue weighted by Crippen LogP contribution is -2.46. The summed E-state index contributed by atoms with van der Waals surface area (Å²) in [4.78, 5) is 40.3. The number of pyridine rings is 1. The second-order valence-corrected chi connectivity index (χ2v) is 8.15. The van der Waals surface area contributed by atoms with E-state index in [4.69, 9.17) is 9.47 Å². The van der Waals surface area contributed by atoms with Crippen molar-refractivity contribution in [2.45, 2.75) is 12.0 Å². The van der Waals surface area contributed by atoms with E-state index in [-0.39, 0.29) is 23.7 Å². The highest BCUT2D eigenvalue weighted by Crippen LogP contribution is 2.38. The molecule has 0 aliphatic carbocycles. The van der Waals surface area contributed by atoms with Gasteiger partial charge in [0.15, 0.2) is 5.69 Å². The predicted octanol–water partition coefficient (Wildman–Crippen LogP) is 3.00. The minimum absolute atomic E-state index is 0.0418. The highest BCUT2D eigenvalue weighted by molar-refractivity contribution is 6.04. The molecule has 1 aromatic heterocycles. The average Bonchev–Trinajstić information content (AvgIpc) is 3.15. The van der Waals surface area contributed by atoms with Crippen LogP contribution in [0.1, 0.15) is 11.5 Å². The number of amides is 3. The largest absolute Gasteiger partial charge is 0.497 e. The van der Waals surface area contributed by atoms with E-state index in [0.717, 1.165) is 17.0 Å². The van der Waals surface area contributed by atoms with E-state index in [0.29, 0.717) is 5.69 Å². The summed E-state index contributed by atoms with van der Waals surface area (Å²) in [7, 11) is 4.10. The first kappa shape index (κ1) is 24.7. The number of hydrogen-bond donors (Lipinski definition) is 2. The summed E-state index contributed by atoms with van der Waals surface area (Å²) >= 11 is 0. The predicted molar refractivity (Wildman–Crippen MR) is 129 cm³/mol. The molecule has 1 unspecified atom stereocenters. The van der Waals surface area contributed by atoms with Crippen LogP contribution in [0.5, 0.6) is 11.5 Å². The molecule has 1 aliphatic rings. The van der Waals surface area contributed by atoms with Crippen LogP contribution in [0.25, 0.3) is 0 Å². The Morgan fingerprint density at radius 2 is 1.69 bits per heavy atom. The first-order valence-corrected chi connectivity index (χ1v) is 11.0. The number of halogens is 2. The second-order valence-electron chi connectivity index (χ2n) is 8.15. The fourth-order valence-corrected chi connectivity index (χ4v) is 4.23. The van der Waals surface area contributed by atoms with Gasteiger partial charge < -0.3 is 29.6 Å². The number of carbonyl (C=O) groups is 2. The van der Waals surface area contributed by atoms with Crippen LogP contribution < -0.4 is 30.6 Å². The fraction of sp³-hybridized carbons (Fsp3) is 0.240. The van der Waals surface area contributed by atoms with Crippen LogP contribution in [0, 0.1) is 11.6 Å². The number of para-hydroxylation sites is 1. The third-order valence-electron chi connectivity index (χ3n) is 5.99. The summed E-state index contributed by atoms with van der Waals surface area (Å²) in [6.45, 7) is -0.287. The van der Waals surface area contributed by atoms with Gasteiger partial charge in [-0.05, 0) is 18.2 Å². The number of methoxy groups -OCH3 is 2. The number of ether oxygens (including phenoxy) is 2. The summed E-state index contributed by atoms with van der Waals surface area (Å²) in [6.07, 6.45) is 1.47. The molecule has 2 aromatic carbocycles. The minimum Gasteiger partial charge on any atom is -0.497 e. The van der Waals surface area contributed by atoms with Crippen molar-refractivity contribution in [3.8, 4) is 11.5 Å². The van der Waals surface area contributed by atoms with Crippen molar-refractivity contribution in [3.05, 3.63) is 82.3 Å². The number of carbonyl (C=O) groups excluding carboxylic acids is 2. The number of aromatic nitrogens is 1. The summed E-state index contributed by atoms with van der Waals surface area (Å²) in [5.74, 6) is -3.72. The van der Waals surface area contributed by atoms with Crippen molar-refractivity contribution in [2.75, 3.05) is 31.0 Å². The SMILES string of the molecule is COc1cc(F)c([C@@H]2CN(c3c(OC)ccn(C)c3=O)C(=O)C2NC(=O)Nc2ccccc2)c(F)c1. The maximum Gasteiger partial charge on any atom is 0.319 e. The maximum atomic E-state index is 15.1. The van der Waals surface area contributed by atoms with Gasteiger partial charge in [0.1, 0.15) is 29.2 Å². The lowest BCUT2D eigenvalue weighted by Gasteiger charge is -2.20. The Morgan fingerprint density at radius 3 is 2.31 bits per heavy atom. The van der Waals surface area contributed by atoms with Crippen molar-refractivity contribution < 1.29 is 27.8 Å². The second kappa shape index (κ2) is 10.1. The summed E-state index contributed by atoms with van der Waals surface area (Å²) in [6, 6.07) is 9.80. The van der Waals surface area contributed by atoms with Crippen LogP contribution in [0.15, 0.2) is 59.5 Å². The third-order valence-corrected chi connectivity index (χ3v) is 5.99. The number of nitrogens with one attached hydrogen (secondary N) is 2. The number of aryl methyl sites for hydroxylation is 1. The monoisotopic (exact) mass is 498 g/mol. The summed E-state index contributed by atoms with van der Waals surface area (Å²) in [5.41, 5.74) is -0.608. The quantitative estimate of drug-likeness (QED) is 0.544. The van der Waals surface area contributed by atoms with Crippen LogP contribution in [0.3, 0.4) is 0 Å². The van der Waals surface area contributed by atoms with Gasteiger partial charge in [-0.3, -0.25) is 9.59 Å². The molecule has 4 rings (SSSR count). The van der Waals surface area contributed by atoms with Gasteiger partial charge in [-0.1, -0.05) is 18.2 Å². The molecule has 9 nitrogen and oxygen atoms in total. The Morgan fingerprint density at radius 1 is 1.03 bits per heavy atom. The number of anilines is 2. The van der Waals surface area contributed by atoms with Gasteiger partial charge >= 0.3 is 6.03 Å². The normalized spacial score (nSPS) is 17.1. The van der Waals surface area contributed by atoms with E-state index >= 15 is 8.78 Å². The number of rotatable bonds is 6. The van der Waals surface area contributed by atoms with Gasteiger partial charge in [0.25, 0.3) is 11.5 Å². The maximum absolute atomic E-state index is 15.1. The summed E-state index contributed by atoms with van der Waals surface area (Å²) in [5, 5.41) is 5.11. The van der Waals surface area contributed by atoms with Crippen LogP contribution in [-0.4, -0.2) is 43.3 Å². The Labute approximate surface area is 205 Å². The third kappa shape index (κ3) is 4.59. The molecule has 1 fully saturated rings. The van der Waals surface area contributed by atoms with Crippen LogP contribution >= 0.6 is 0 Å². The first-order valence-electron chi connectivity index (χ1n) is 11.0. The topological polar surface area (TPSA) is 102 Å². The average molecular weight is 498 g/mol. The molecule has 2 atom stereocenters. The molecule has 1 saturated heterocycles. The Hall–Kier alpha value is -4.41. The molecule has 36 heavy (non-hydrogen) atoms. The standard InChI is InChI=1S/C25H24F2N4O5/c1-30-10-9-19(36-3)22(24(30)33)31-13-16(20-17(26)11-15(35-2)12-18(20)27)21(23(31)32)29-25(34)28-14-7-5-4-6-8-14/h4-12,16,21H,13H2,1-3H3,(H2,28,29,34)/t16-,21?/m0/s1. The molecule has 0 bridgehead atoms. The number of urea groups is 1. The van der Waals surface area contributed by atoms with Gasteiger partial charge in [-0.25, -0.2) is 13.6 Å². The van der Waals surface area contributed by atoms with Crippen molar-refractivity contribution in [1.82, 2.24) is 9.88 Å². The molecular formula is C25H24F2N4O5. The zero-order chi connectivity index (χ0) is 26.0. The van der Waals surface area contributed by atoms with Crippen molar-refractivity contribution >= 4 is 23.3 Å². The van der Waals surface area contributed by atoms with Gasteiger partial charge in [0.2, 0.25) is 0 Å². The first-order chi connectivity index (χ1) is 17.2. The number of hydrogen-bond acceptors (Lipinski definition) is 5. The molecule has 0 radical (unpaired) electrons. The molecule has 0 spiro atoms. The van der Waals surface area contributed by atoms with E-state index in [1.807, 2.05) is 0 Å². The molecule has 2 heterocycles. The van der Waals surface area contributed by atoms with Crippen molar-refractivity contribution in [2.24, 2.45) is 7.05 Å². The van der Waals surface area contributed by atoms with E-state index in [2.05, 4.69) is 10.6 Å². The molecule has 0 saturated carbocycles. The van der Waals surface area contributed by atoms with Gasteiger partial charge in [-0.2, -0.15) is 0 Å². The molecule has 3 aromatic rings. The molecule has 11 heteroatoms. The van der Waals surface area contributed by atoms with Crippen molar-refractivity contribution in [3.63, 3.8) is 0 Å². The zero-order valence-corrected chi connectivity index (χ0v) is 19.7.